The Labute approximate surface area is 108 Å². The van der Waals surface area contributed by atoms with Gasteiger partial charge in [-0.2, -0.15) is 0 Å². The number of phenolic OH excluding ortho intramolecular Hbond substituents is 1. The Morgan fingerprint density at radius 2 is 1.74 bits per heavy atom. The van der Waals surface area contributed by atoms with E-state index in [1.54, 1.807) is 5.48 Å². The van der Waals surface area contributed by atoms with Gasteiger partial charge in [-0.1, -0.05) is 13.8 Å². The Balaban J connectivity index is 0.000000741. The highest BCUT2D eigenvalue weighted by atomic mass is 19.3. The van der Waals surface area contributed by atoms with Crippen molar-refractivity contribution in [2.75, 3.05) is 0 Å². The number of ether oxygens (including phenoxy) is 2. The largest absolute Gasteiger partial charge is 0.586 e. The number of phenols is 1. The van der Waals surface area contributed by atoms with E-state index in [0.29, 0.717) is 0 Å². The smallest absolute Gasteiger partial charge is 0.507 e. The average molecular weight is 279 g/mol. The molecule has 0 aromatic heterocycles. The SMILES string of the molecule is C=O.CC.ONCc1cc2c(cc1O)OC(F)(F)O2. The summed E-state index contributed by atoms with van der Waals surface area (Å²) in [7, 11) is 0. The van der Waals surface area contributed by atoms with E-state index in [1.807, 2.05) is 20.6 Å². The quantitative estimate of drug-likeness (QED) is 0.718. The number of aromatic hydroxyl groups is 1. The summed E-state index contributed by atoms with van der Waals surface area (Å²) < 4.78 is 33.5. The van der Waals surface area contributed by atoms with E-state index < -0.39 is 6.29 Å². The van der Waals surface area contributed by atoms with Gasteiger partial charge in [0.2, 0.25) is 0 Å². The number of carbonyl (C=O) groups is 1. The summed E-state index contributed by atoms with van der Waals surface area (Å²) in [5, 5.41) is 17.8. The number of alkyl halides is 2. The van der Waals surface area contributed by atoms with Gasteiger partial charge < -0.3 is 24.6 Å². The van der Waals surface area contributed by atoms with Crippen LogP contribution in [0.15, 0.2) is 12.1 Å². The van der Waals surface area contributed by atoms with Crippen LogP contribution in [-0.2, 0) is 11.3 Å². The van der Waals surface area contributed by atoms with Crippen LogP contribution in [0.25, 0.3) is 0 Å². The van der Waals surface area contributed by atoms with Crippen LogP contribution in [0.4, 0.5) is 8.78 Å². The molecule has 1 aromatic rings. The minimum atomic E-state index is -3.71. The number of carbonyl (C=O) groups excluding carboxylic acids is 1. The molecule has 0 radical (unpaired) electrons. The third-order valence-electron chi connectivity index (χ3n) is 1.87. The monoisotopic (exact) mass is 279 g/mol. The van der Waals surface area contributed by atoms with E-state index in [1.165, 1.54) is 0 Å². The molecule has 6 nitrogen and oxygen atoms in total. The van der Waals surface area contributed by atoms with Gasteiger partial charge in [-0.3, -0.25) is 0 Å². The highest BCUT2D eigenvalue weighted by Crippen LogP contribution is 2.44. The van der Waals surface area contributed by atoms with Crippen molar-refractivity contribution < 1.29 is 33.4 Å². The first-order valence-corrected chi connectivity index (χ1v) is 5.29. The molecule has 0 saturated carbocycles. The Morgan fingerprint density at radius 3 is 2.21 bits per heavy atom. The second-order valence-electron chi connectivity index (χ2n) is 2.93. The number of halogens is 2. The Hall–Kier alpha value is -1.93. The lowest BCUT2D eigenvalue weighted by Crippen LogP contribution is -2.25. The molecule has 19 heavy (non-hydrogen) atoms. The minimum Gasteiger partial charge on any atom is -0.507 e. The van der Waals surface area contributed by atoms with E-state index in [4.69, 9.17) is 10.0 Å². The predicted molar refractivity (Wildman–Crippen MR) is 61.4 cm³/mol. The van der Waals surface area contributed by atoms with Crippen LogP contribution in [0, 0.1) is 0 Å². The molecule has 0 bridgehead atoms. The fourth-order valence-corrected chi connectivity index (χ4v) is 1.25. The standard InChI is InChI=1S/C8H7F2NO4.C2H6.CH2O/c9-8(10)14-6-1-4(3-11-13)5(12)2-7(6)15-8;2*1-2/h1-2,11-13H,3H2;1-2H3;1H2. The molecule has 0 spiro atoms. The molecule has 2 rings (SSSR count). The lowest BCUT2D eigenvalue weighted by molar-refractivity contribution is -0.286. The molecule has 8 heteroatoms. The molecule has 0 saturated heterocycles. The zero-order valence-electron chi connectivity index (χ0n) is 10.4. The normalized spacial score (nSPS) is 13.7. The summed E-state index contributed by atoms with van der Waals surface area (Å²) in [6, 6.07) is 2.16. The van der Waals surface area contributed by atoms with Crippen molar-refractivity contribution in [3.63, 3.8) is 0 Å². The van der Waals surface area contributed by atoms with Crippen LogP contribution < -0.4 is 15.0 Å². The van der Waals surface area contributed by atoms with Crippen LogP contribution >= 0.6 is 0 Å². The van der Waals surface area contributed by atoms with Crippen molar-refractivity contribution in [3.05, 3.63) is 17.7 Å². The number of benzene rings is 1. The van der Waals surface area contributed by atoms with E-state index in [2.05, 4.69) is 9.47 Å². The van der Waals surface area contributed by atoms with Gasteiger partial charge in [-0.05, 0) is 6.07 Å². The fourth-order valence-electron chi connectivity index (χ4n) is 1.25. The summed E-state index contributed by atoms with van der Waals surface area (Å²) in [6.45, 7) is 5.91. The lowest BCUT2D eigenvalue weighted by Gasteiger charge is -2.04. The summed E-state index contributed by atoms with van der Waals surface area (Å²) in [4.78, 5) is 8.00. The van der Waals surface area contributed by atoms with Crippen LogP contribution in [0.5, 0.6) is 17.2 Å². The Bertz CT molecular complexity index is 414. The van der Waals surface area contributed by atoms with Crippen molar-refractivity contribution in [1.82, 2.24) is 5.48 Å². The van der Waals surface area contributed by atoms with Gasteiger partial charge in [0.1, 0.15) is 12.5 Å². The molecule has 1 heterocycles. The third kappa shape index (κ3) is 4.34. The molecule has 0 fully saturated rings. The molecule has 0 aliphatic carbocycles. The summed E-state index contributed by atoms with van der Waals surface area (Å²) >= 11 is 0. The first-order valence-electron chi connectivity index (χ1n) is 5.29. The van der Waals surface area contributed by atoms with Crippen LogP contribution in [0.3, 0.4) is 0 Å². The zero-order valence-corrected chi connectivity index (χ0v) is 10.4. The van der Waals surface area contributed by atoms with Crippen molar-refractivity contribution in [2.45, 2.75) is 26.7 Å². The van der Waals surface area contributed by atoms with Crippen LogP contribution in [0.1, 0.15) is 19.4 Å². The van der Waals surface area contributed by atoms with E-state index in [9.17, 15) is 13.9 Å². The molecule has 108 valence electrons. The fraction of sp³-hybridized carbons (Fsp3) is 0.364. The van der Waals surface area contributed by atoms with Gasteiger partial charge in [0.05, 0.1) is 0 Å². The molecule has 3 N–H and O–H groups in total. The van der Waals surface area contributed by atoms with Gasteiger partial charge >= 0.3 is 6.29 Å². The van der Waals surface area contributed by atoms with Crippen molar-refractivity contribution in [2.24, 2.45) is 0 Å². The van der Waals surface area contributed by atoms with E-state index in [0.717, 1.165) is 12.1 Å². The Morgan fingerprint density at radius 1 is 1.26 bits per heavy atom. The van der Waals surface area contributed by atoms with Gasteiger partial charge in [0.25, 0.3) is 0 Å². The maximum Gasteiger partial charge on any atom is 0.586 e. The predicted octanol–water partition coefficient (Wildman–Crippen LogP) is 2.03. The number of nitrogens with one attached hydrogen (secondary N) is 1. The molecule has 0 atom stereocenters. The molecule has 1 aliphatic rings. The number of fused-ring (bicyclic) bond motifs is 1. The second kappa shape index (κ2) is 7.49. The summed E-state index contributed by atoms with van der Waals surface area (Å²) in [5.74, 6) is -0.682. The van der Waals surface area contributed by atoms with E-state index >= 15 is 0 Å². The first-order chi connectivity index (χ1) is 9.02. The Kier molecular flexibility index (Phi) is 6.73. The highest BCUT2D eigenvalue weighted by Gasteiger charge is 2.43. The molecular weight excluding hydrogens is 264 g/mol. The maximum atomic E-state index is 12.6. The van der Waals surface area contributed by atoms with Crippen molar-refractivity contribution >= 4 is 6.79 Å². The van der Waals surface area contributed by atoms with Gasteiger partial charge in [0, 0.05) is 18.2 Å². The van der Waals surface area contributed by atoms with Crippen LogP contribution in [0.2, 0.25) is 0 Å². The molecule has 1 aromatic carbocycles. The van der Waals surface area contributed by atoms with E-state index in [-0.39, 0.29) is 29.4 Å². The van der Waals surface area contributed by atoms with Gasteiger partial charge in [0.15, 0.2) is 11.5 Å². The molecule has 0 unspecified atom stereocenters. The number of hydrogen-bond donors (Lipinski definition) is 3. The van der Waals surface area contributed by atoms with Gasteiger partial charge in [-0.15, -0.1) is 8.78 Å². The first kappa shape index (κ1) is 17.1. The number of hydrogen-bond acceptors (Lipinski definition) is 6. The highest BCUT2D eigenvalue weighted by molar-refractivity contribution is 5.51. The lowest BCUT2D eigenvalue weighted by atomic mass is 10.2. The zero-order chi connectivity index (χ0) is 15.1. The second-order valence-corrected chi connectivity index (χ2v) is 2.93. The average Bonchev–Trinajstić information content (AvgIpc) is 2.68. The minimum absolute atomic E-state index is 0.0892. The van der Waals surface area contributed by atoms with Crippen LogP contribution in [-0.4, -0.2) is 23.4 Å². The maximum absolute atomic E-state index is 12.6. The third-order valence-corrected chi connectivity index (χ3v) is 1.87. The topological polar surface area (TPSA) is 88.0 Å². The number of hydroxylamine groups is 1. The van der Waals surface area contributed by atoms with Crippen molar-refractivity contribution in [1.29, 1.82) is 0 Å². The molecule has 1 aliphatic heterocycles. The van der Waals surface area contributed by atoms with Gasteiger partial charge in [-0.25, -0.2) is 5.48 Å². The van der Waals surface area contributed by atoms with Crippen molar-refractivity contribution in [3.8, 4) is 17.2 Å². The molecular formula is C11H15F2NO5. The summed E-state index contributed by atoms with van der Waals surface area (Å²) in [6.07, 6.45) is -3.71. The summed E-state index contributed by atoms with van der Waals surface area (Å²) in [5.41, 5.74) is 2.01. The molecule has 0 amide bonds. The number of rotatable bonds is 2.